The van der Waals surface area contributed by atoms with E-state index in [4.69, 9.17) is 16.6 Å². The zero-order valence-corrected chi connectivity index (χ0v) is 16.1. The zero-order valence-electron chi connectivity index (χ0n) is 15.3. The van der Waals surface area contributed by atoms with Gasteiger partial charge in [-0.1, -0.05) is 84.4 Å². The summed E-state index contributed by atoms with van der Waals surface area (Å²) in [6, 6.07) is 31.4. The Labute approximate surface area is 169 Å². The van der Waals surface area contributed by atoms with Gasteiger partial charge in [0.2, 0.25) is 0 Å². The maximum absolute atomic E-state index is 6.43. The average molecular weight is 383 g/mol. The third-order valence-electron chi connectivity index (χ3n) is 5.25. The van der Waals surface area contributed by atoms with Crippen molar-refractivity contribution in [1.82, 2.24) is 9.55 Å². The van der Waals surface area contributed by atoms with Crippen LogP contribution < -0.4 is 0 Å². The molecule has 5 aromatic rings. The predicted octanol–water partition coefficient (Wildman–Crippen LogP) is 6.48. The normalized spacial score (nSPS) is 11.3. The van der Waals surface area contributed by atoms with E-state index >= 15 is 0 Å². The van der Waals surface area contributed by atoms with E-state index in [0.717, 1.165) is 34.0 Å². The third kappa shape index (κ3) is 3.06. The van der Waals surface area contributed by atoms with E-state index < -0.39 is 0 Å². The first-order chi connectivity index (χ1) is 13.8. The van der Waals surface area contributed by atoms with Crippen LogP contribution in [0.5, 0.6) is 0 Å². The summed E-state index contributed by atoms with van der Waals surface area (Å²) < 4.78 is 2.32. The number of para-hydroxylation sites is 2. The van der Waals surface area contributed by atoms with E-state index in [2.05, 4.69) is 71.3 Å². The van der Waals surface area contributed by atoms with Crippen molar-refractivity contribution in [2.75, 3.05) is 0 Å². The van der Waals surface area contributed by atoms with E-state index in [-0.39, 0.29) is 0 Å². The van der Waals surface area contributed by atoms with E-state index in [1.165, 1.54) is 16.3 Å². The van der Waals surface area contributed by atoms with Crippen LogP contribution >= 0.6 is 11.6 Å². The highest BCUT2D eigenvalue weighted by molar-refractivity contribution is 6.31. The summed E-state index contributed by atoms with van der Waals surface area (Å²) in [7, 11) is 0. The number of rotatable bonds is 4. The summed E-state index contributed by atoms with van der Waals surface area (Å²) in [5, 5.41) is 3.33. The molecule has 1 aromatic heterocycles. The van der Waals surface area contributed by atoms with Crippen molar-refractivity contribution in [1.29, 1.82) is 0 Å². The van der Waals surface area contributed by atoms with Gasteiger partial charge in [-0.05, 0) is 40.1 Å². The van der Waals surface area contributed by atoms with E-state index in [1.54, 1.807) is 0 Å². The molecule has 0 aliphatic heterocycles. The lowest BCUT2D eigenvalue weighted by atomic mass is 10.0. The highest BCUT2D eigenvalue weighted by atomic mass is 35.5. The van der Waals surface area contributed by atoms with E-state index in [9.17, 15) is 0 Å². The van der Waals surface area contributed by atoms with Crippen molar-refractivity contribution in [2.24, 2.45) is 0 Å². The molecular formula is C25H19ClN2. The molecule has 0 saturated heterocycles. The SMILES string of the molecule is Clc1ccccc1Cc1nc2ccccc2n1Cc1cccc2ccccc12. The number of aromatic nitrogens is 2. The molecule has 0 fully saturated rings. The largest absolute Gasteiger partial charge is 0.323 e. The molecule has 1 heterocycles. The van der Waals surface area contributed by atoms with Crippen LogP contribution in [0.25, 0.3) is 21.8 Å². The number of hydrogen-bond donors (Lipinski definition) is 0. The van der Waals surface area contributed by atoms with Gasteiger partial charge in [-0.25, -0.2) is 4.98 Å². The molecule has 0 N–H and O–H groups in total. The van der Waals surface area contributed by atoms with Gasteiger partial charge in [0.1, 0.15) is 5.82 Å². The standard InChI is InChI=1S/C25H19ClN2/c26-22-13-4-2-9-19(22)16-25-27-23-14-5-6-15-24(23)28(25)17-20-11-7-10-18-8-1-3-12-21(18)20/h1-15H,16-17H2. The fourth-order valence-corrected chi connectivity index (χ4v) is 4.05. The quantitative estimate of drug-likeness (QED) is 0.347. The van der Waals surface area contributed by atoms with Crippen LogP contribution in [0.4, 0.5) is 0 Å². The number of imidazole rings is 1. The van der Waals surface area contributed by atoms with Crippen LogP contribution in [-0.4, -0.2) is 9.55 Å². The molecule has 0 saturated carbocycles. The van der Waals surface area contributed by atoms with E-state index in [1.807, 2.05) is 24.3 Å². The number of fused-ring (bicyclic) bond motifs is 2. The molecule has 136 valence electrons. The second-order valence-electron chi connectivity index (χ2n) is 7.01. The summed E-state index contributed by atoms with van der Waals surface area (Å²) >= 11 is 6.43. The summed E-state index contributed by atoms with van der Waals surface area (Å²) in [5.41, 5.74) is 4.56. The molecular weight excluding hydrogens is 364 g/mol. The monoisotopic (exact) mass is 382 g/mol. The van der Waals surface area contributed by atoms with Gasteiger partial charge >= 0.3 is 0 Å². The Morgan fingerprint density at radius 1 is 0.714 bits per heavy atom. The maximum atomic E-state index is 6.43. The van der Waals surface area contributed by atoms with Crippen molar-refractivity contribution >= 4 is 33.4 Å². The molecule has 0 unspecified atom stereocenters. The molecule has 4 aromatic carbocycles. The second kappa shape index (κ2) is 7.14. The van der Waals surface area contributed by atoms with Crippen LogP contribution in [0.15, 0.2) is 91.0 Å². The summed E-state index contributed by atoms with van der Waals surface area (Å²) in [5.74, 6) is 1.03. The third-order valence-corrected chi connectivity index (χ3v) is 5.62. The van der Waals surface area contributed by atoms with Gasteiger partial charge in [0.25, 0.3) is 0 Å². The Hall–Kier alpha value is -3.10. The molecule has 0 spiro atoms. The predicted molar refractivity (Wildman–Crippen MR) is 117 cm³/mol. The van der Waals surface area contributed by atoms with Gasteiger partial charge in [0.05, 0.1) is 11.0 Å². The van der Waals surface area contributed by atoms with Gasteiger partial charge in [0.15, 0.2) is 0 Å². The lowest BCUT2D eigenvalue weighted by Crippen LogP contribution is -2.06. The Kier molecular flexibility index (Phi) is 4.34. The minimum atomic E-state index is 0.707. The first-order valence-corrected chi connectivity index (χ1v) is 9.81. The summed E-state index contributed by atoms with van der Waals surface area (Å²) in [4.78, 5) is 4.93. The first-order valence-electron chi connectivity index (χ1n) is 9.44. The minimum Gasteiger partial charge on any atom is -0.323 e. The van der Waals surface area contributed by atoms with Crippen LogP contribution in [0.1, 0.15) is 17.0 Å². The Morgan fingerprint density at radius 3 is 2.36 bits per heavy atom. The Balaban J connectivity index is 1.64. The molecule has 2 nitrogen and oxygen atoms in total. The highest BCUT2D eigenvalue weighted by Gasteiger charge is 2.14. The molecule has 0 amide bonds. The molecule has 5 rings (SSSR count). The number of nitrogens with zero attached hydrogens (tertiary/aromatic N) is 2. The highest BCUT2D eigenvalue weighted by Crippen LogP contribution is 2.25. The zero-order chi connectivity index (χ0) is 18.9. The number of benzene rings is 4. The Bertz CT molecular complexity index is 1280. The maximum Gasteiger partial charge on any atom is 0.114 e. The van der Waals surface area contributed by atoms with Gasteiger partial charge in [-0.2, -0.15) is 0 Å². The van der Waals surface area contributed by atoms with Crippen molar-refractivity contribution in [3.05, 3.63) is 113 Å². The van der Waals surface area contributed by atoms with Crippen LogP contribution in [0.2, 0.25) is 5.02 Å². The van der Waals surface area contributed by atoms with Gasteiger partial charge in [0, 0.05) is 18.0 Å². The molecule has 0 aliphatic rings. The van der Waals surface area contributed by atoms with Crippen molar-refractivity contribution in [3.8, 4) is 0 Å². The molecule has 3 heteroatoms. The van der Waals surface area contributed by atoms with Crippen molar-refractivity contribution in [3.63, 3.8) is 0 Å². The molecule has 28 heavy (non-hydrogen) atoms. The lowest BCUT2D eigenvalue weighted by Gasteiger charge is -2.12. The fourth-order valence-electron chi connectivity index (χ4n) is 3.85. The van der Waals surface area contributed by atoms with Crippen molar-refractivity contribution < 1.29 is 0 Å². The summed E-state index contributed by atoms with van der Waals surface area (Å²) in [6.45, 7) is 0.779. The van der Waals surface area contributed by atoms with Crippen LogP contribution in [0.3, 0.4) is 0 Å². The molecule has 0 aliphatic carbocycles. The molecule has 0 radical (unpaired) electrons. The van der Waals surface area contributed by atoms with Gasteiger partial charge in [-0.3, -0.25) is 0 Å². The van der Waals surface area contributed by atoms with E-state index in [0.29, 0.717) is 6.42 Å². The van der Waals surface area contributed by atoms with Crippen LogP contribution in [0, 0.1) is 0 Å². The average Bonchev–Trinajstić information content (AvgIpc) is 3.07. The molecule has 0 atom stereocenters. The molecule has 0 bridgehead atoms. The van der Waals surface area contributed by atoms with Crippen molar-refractivity contribution in [2.45, 2.75) is 13.0 Å². The lowest BCUT2D eigenvalue weighted by molar-refractivity contribution is 0.766. The fraction of sp³-hybridized carbons (Fsp3) is 0.0800. The topological polar surface area (TPSA) is 17.8 Å². The number of halogens is 1. The minimum absolute atomic E-state index is 0.707. The van der Waals surface area contributed by atoms with Gasteiger partial charge in [-0.15, -0.1) is 0 Å². The first kappa shape index (κ1) is 17.0. The Morgan fingerprint density at radius 2 is 1.43 bits per heavy atom. The summed E-state index contributed by atoms with van der Waals surface area (Å²) in [6.07, 6.45) is 0.707. The van der Waals surface area contributed by atoms with Gasteiger partial charge < -0.3 is 4.57 Å². The van der Waals surface area contributed by atoms with Crippen LogP contribution in [-0.2, 0) is 13.0 Å². The second-order valence-corrected chi connectivity index (χ2v) is 7.42. The smallest absolute Gasteiger partial charge is 0.114 e. The number of hydrogen-bond acceptors (Lipinski definition) is 1.